The van der Waals surface area contributed by atoms with Crippen LogP contribution < -0.4 is 0 Å². The van der Waals surface area contributed by atoms with Crippen molar-refractivity contribution < 1.29 is 4.79 Å². The van der Waals surface area contributed by atoms with Crippen LogP contribution in [0.15, 0.2) is 0 Å². The Labute approximate surface area is 35.6 Å². The fraction of sp³-hybridized carbons (Fsp3) is 0. The first-order valence-corrected chi connectivity index (χ1v) is 1.19. The van der Waals surface area contributed by atoms with E-state index in [1.54, 1.807) is 5.92 Å². The van der Waals surface area contributed by atoms with Gasteiger partial charge in [-0.1, -0.05) is 0 Å². The van der Waals surface area contributed by atoms with E-state index >= 15 is 0 Å². The van der Waals surface area contributed by atoms with Gasteiger partial charge in [-0.2, -0.15) is 4.85 Å². The highest BCUT2D eigenvalue weighted by Crippen LogP contribution is 1.62. The molecule has 0 aromatic carbocycles. The Morgan fingerprint density at radius 1 is 2.00 bits per heavy atom. The van der Waals surface area contributed by atoms with E-state index in [1.807, 2.05) is 0 Å². The quantitative estimate of drug-likeness (QED) is 0.297. The predicted molar refractivity (Wildman–Crippen MR) is 20.4 cm³/mol. The molecule has 2 heteroatoms. The van der Waals surface area contributed by atoms with E-state index in [9.17, 15) is 4.79 Å². The summed E-state index contributed by atoms with van der Waals surface area (Å²) in [5, 5.41) is 0. The number of amides is 1. The van der Waals surface area contributed by atoms with Crippen molar-refractivity contribution in [1.29, 1.82) is 0 Å². The van der Waals surface area contributed by atoms with Gasteiger partial charge in [0.2, 0.25) is 0 Å². The molecule has 0 aliphatic heterocycles. The van der Waals surface area contributed by atoms with Gasteiger partial charge in [0.15, 0.2) is 0 Å². The average molecular weight is 79.1 g/mol. The third-order valence-corrected chi connectivity index (χ3v) is 0.225. The van der Waals surface area contributed by atoms with Crippen LogP contribution in [0.5, 0.6) is 0 Å². The summed E-state index contributed by atoms with van der Waals surface area (Å²) in [6.07, 6.45) is 4.47. The van der Waals surface area contributed by atoms with E-state index in [0.717, 1.165) is 0 Å². The highest BCUT2D eigenvalue weighted by atomic mass is 16.1. The molecule has 0 radical (unpaired) electrons. The number of hydrogen-bond donors (Lipinski definition) is 0. The molecule has 0 aliphatic rings. The van der Waals surface area contributed by atoms with Gasteiger partial charge in [-0.05, 0) is 5.92 Å². The second-order valence-corrected chi connectivity index (χ2v) is 0.561. The summed E-state index contributed by atoms with van der Waals surface area (Å²) in [6.45, 7) is 5.94. The Morgan fingerprint density at radius 3 is 2.50 bits per heavy atom. The molecule has 0 unspecified atom stereocenters. The molecule has 0 N–H and O–H groups in total. The summed E-state index contributed by atoms with van der Waals surface area (Å²) < 4.78 is 0. The van der Waals surface area contributed by atoms with Crippen LogP contribution in [0.4, 0.5) is 0 Å². The predicted octanol–water partition coefficient (Wildman–Crippen LogP) is 0.0655. The van der Waals surface area contributed by atoms with E-state index < -0.39 is 5.91 Å². The molecular weight excluding hydrogens is 78.0 g/mol. The fourth-order valence-electron chi connectivity index (χ4n) is 0.0323. The van der Waals surface area contributed by atoms with Gasteiger partial charge in [0.05, 0.1) is 6.57 Å². The molecule has 0 atom stereocenters. The third-order valence-electron chi connectivity index (χ3n) is 0.225. The smallest absolute Gasteiger partial charge is 0.303 e. The van der Waals surface area contributed by atoms with Crippen LogP contribution in [0, 0.1) is 18.9 Å². The zero-order valence-corrected chi connectivity index (χ0v) is 2.93. The first kappa shape index (κ1) is 4.72. The molecule has 28 valence electrons. The summed E-state index contributed by atoms with van der Waals surface area (Å²) in [4.78, 5) is 12.0. The minimum Gasteiger partial charge on any atom is -0.303 e. The van der Waals surface area contributed by atoms with Crippen LogP contribution in [0.25, 0.3) is 4.85 Å². The summed E-state index contributed by atoms with van der Waals surface area (Å²) in [6, 6.07) is 0. The van der Waals surface area contributed by atoms with Crippen molar-refractivity contribution in [3.63, 3.8) is 0 Å². The highest BCUT2D eigenvalue weighted by Gasteiger charge is 1.82. The molecule has 0 bridgehead atoms. The molecule has 0 aliphatic carbocycles. The second kappa shape index (κ2) is 1.99. The van der Waals surface area contributed by atoms with Gasteiger partial charge in [0.1, 0.15) is 0 Å². The minimum absolute atomic E-state index is 0.838. The summed E-state index contributed by atoms with van der Waals surface area (Å²) in [5.74, 6) is 0.784. The molecule has 1 amide bonds. The second-order valence-electron chi connectivity index (χ2n) is 0.561. The lowest BCUT2D eigenvalue weighted by molar-refractivity contribution is -0.109. The fourth-order valence-corrected chi connectivity index (χ4v) is 0.0323. The van der Waals surface area contributed by atoms with Gasteiger partial charge < -0.3 is 4.79 Å². The Balaban J connectivity index is 3.75. The maximum Gasteiger partial charge on any atom is 0.430 e. The largest absolute Gasteiger partial charge is 0.430 e. The first-order chi connectivity index (χ1) is 2.81. The maximum absolute atomic E-state index is 9.59. The summed E-state index contributed by atoms with van der Waals surface area (Å²) in [7, 11) is 0. The lowest BCUT2D eigenvalue weighted by Gasteiger charge is -1.57. The van der Waals surface area contributed by atoms with Crippen LogP contribution >= 0.6 is 0 Å². The Hall–Kier alpha value is -1.28. The molecule has 0 fully saturated rings. The Morgan fingerprint density at radius 2 is 2.50 bits per heavy atom. The van der Waals surface area contributed by atoms with Crippen LogP contribution in [0.2, 0.25) is 0 Å². The lowest BCUT2D eigenvalue weighted by atomic mass is 10.7. The van der Waals surface area contributed by atoms with Crippen LogP contribution in [-0.2, 0) is 4.79 Å². The average Bonchev–Trinajstić information content (AvgIpc) is 1.65. The van der Waals surface area contributed by atoms with Crippen molar-refractivity contribution in [3.8, 4) is 12.3 Å². The van der Waals surface area contributed by atoms with E-state index in [-0.39, 0.29) is 0 Å². The summed E-state index contributed by atoms with van der Waals surface area (Å²) >= 11 is 0. The summed E-state index contributed by atoms with van der Waals surface area (Å²) in [5.41, 5.74) is 0. The van der Waals surface area contributed by atoms with E-state index in [4.69, 9.17) is 6.57 Å². The number of carbonyl (C=O) groups excluding carboxylic acids is 1. The number of nitrogens with zero attached hydrogens (tertiary/aromatic N) is 1. The molecule has 0 saturated carbocycles. The standard InChI is InChI=1S/C4HNO/c1-3-4(6)5-2/h1H. The first-order valence-electron chi connectivity index (χ1n) is 1.19. The number of rotatable bonds is 0. The molecule has 0 aromatic rings. The van der Waals surface area contributed by atoms with Gasteiger partial charge in [-0.15, -0.1) is 6.42 Å². The van der Waals surface area contributed by atoms with Gasteiger partial charge in [0.25, 0.3) is 0 Å². The van der Waals surface area contributed by atoms with E-state index in [2.05, 4.69) is 11.3 Å². The molecule has 0 spiro atoms. The topological polar surface area (TPSA) is 21.4 Å². The van der Waals surface area contributed by atoms with Crippen LogP contribution in [-0.4, -0.2) is 5.91 Å². The van der Waals surface area contributed by atoms with Crippen molar-refractivity contribution in [2.45, 2.75) is 0 Å². The van der Waals surface area contributed by atoms with Gasteiger partial charge >= 0.3 is 5.91 Å². The Bertz CT molecular complexity index is 119. The molecule has 0 saturated heterocycles. The van der Waals surface area contributed by atoms with E-state index in [1.165, 1.54) is 0 Å². The van der Waals surface area contributed by atoms with Crippen molar-refractivity contribution in [3.05, 3.63) is 11.4 Å². The third kappa shape index (κ3) is 1.09. The van der Waals surface area contributed by atoms with Gasteiger partial charge in [-0.25, -0.2) is 0 Å². The Kier molecular flexibility index (Phi) is 1.56. The lowest BCUT2D eigenvalue weighted by Crippen LogP contribution is -1.76. The molecule has 2 nitrogen and oxygen atoms in total. The van der Waals surface area contributed by atoms with Gasteiger partial charge in [0, 0.05) is 0 Å². The normalized spacial score (nSPS) is 5.00. The molecule has 0 aromatic heterocycles. The van der Waals surface area contributed by atoms with Crippen molar-refractivity contribution in [2.75, 3.05) is 0 Å². The van der Waals surface area contributed by atoms with Crippen molar-refractivity contribution in [1.82, 2.24) is 0 Å². The highest BCUT2D eigenvalue weighted by molar-refractivity contribution is 6.00. The number of carbonyl (C=O) groups is 1. The molecule has 6 heavy (non-hydrogen) atoms. The van der Waals surface area contributed by atoms with Gasteiger partial charge in [-0.3, -0.25) is 0 Å². The van der Waals surface area contributed by atoms with Crippen LogP contribution in [0.1, 0.15) is 0 Å². The van der Waals surface area contributed by atoms with Crippen LogP contribution in [0.3, 0.4) is 0 Å². The van der Waals surface area contributed by atoms with Crippen molar-refractivity contribution in [2.24, 2.45) is 0 Å². The monoisotopic (exact) mass is 79.0 g/mol. The number of terminal acetylenes is 1. The molecule has 0 rings (SSSR count). The zero-order chi connectivity index (χ0) is 4.99. The van der Waals surface area contributed by atoms with E-state index in [0.29, 0.717) is 0 Å². The minimum atomic E-state index is -0.838. The molecular formula is C4HNO. The van der Waals surface area contributed by atoms with Crippen molar-refractivity contribution >= 4 is 5.91 Å². The zero-order valence-electron chi connectivity index (χ0n) is 2.93. The SMILES string of the molecule is [C-]#[N+]C(=O)C#C. The number of hydrogen-bond acceptors (Lipinski definition) is 1. The maximum atomic E-state index is 9.59. The molecule has 0 heterocycles.